The molecule has 1 aliphatic rings. The molecule has 0 radical (unpaired) electrons. The topological polar surface area (TPSA) is 119 Å². The Hall–Kier alpha value is -4.70. The molecule has 1 aliphatic heterocycles. The number of carbonyl (C=O) groups excluding carboxylic acids is 1. The van der Waals surface area contributed by atoms with E-state index in [4.69, 9.17) is 10.5 Å². The maximum Gasteiger partial charge on any atom is 0.269 e. The van der Waals surface area contributed by atoms with Crippen molar-refractivity contribution in [2.45, 2.75) is 5.92 Å². The summed E-state index contributed by atoms with van der Waals surface area (Å²) in [7, 11) is 0. The second-order valence-corrected chi connectivity index (χ2v) is 7.08. The van der Waals surface area contributed by atoms with Gasteiger partial charge in [-0.1, -0.05) is 72.8 Å². The van der Waals surface area contributed by atoms with Gasteiger partial charge in [0.05, 0.1) is 16.4 Å². The predicted octanol–water partition coefficient (Wildman–Crippen LogP) is 4.70. The smallest absolute Gasteiger partial charge is 0.269 e. The zero-order chi connectivity index (χ0) is 22.7. The molecule has 0 aliphatic carbocycles. The average Bonchev–Trinajstić information content (AvgIpc) is 2.84. The Kier molecular flexibility index (Phi) is 5.51. The molecule has 3 aromatic carbocycles. The fourth-order valence-electron chi connectivity index (χ4n) is 3.66. The number of allylic oxidation sites excluding steroid dienone is 2. The number of hydrogen-bond acceptors (Lipinski definition) is 6. The molecule has 0 saturated carbocycles. The van der Waals surface area contributed by atoms with Crippen molar-refractivity contribution in [1.82, 2.24) is 0 Å². The first-order valence-electron chi connectivity index (χ1n) is 9.72. The van der Waals surface area contributed by atoms with Crippen molar-refractivity contribution >= 4 is 17.2 Å². The molecule has 32 heavy (non-hydrogen) atoms. The molecular formula is C25H17N3O4. The molecule has 4 rings (SSSR count). The second kappa shape index (κ2) is 8.58. The van der Waals surface area contributed by atoms with E-state index in [9.17, 15) is 20.2 Å². The number of Topliss-reactive ketones (excluding diaryl/α,β-unsaturated/α-hetero) is 1. The number of nitro groups is 1. The lowest BCUT2D eigenvalue weighted by atomic mass is 9.79. The van der Waals surface area contributed by atoms with Crippen LogP contribution in [0, 0.1) is 21.4 Å². The Bertz CT molecular complexity index is 1290. The third-order valence-corrected chi connectivity index (χ3v) is 5.17. The molecule has 0 fully saturated rings. The molecule has 0 saturated heterocycles. The lowest BCUT2D eigenvalue weighted by Crippen LogP contribution is -2.24. The third-order valence-electron chi connectivity index (χ3n) is 5.17. The van der Waals surface area contributed by atoms with Crippen LogP contribution >= 0.6 is 0 Å². The first-order chi connectivity index (χ1) is 15.5. The van der Waals surface area contributed by atoms with Crippen molar-refractivity contribution in [3.8, 4) is 6.07 Å². The number of nitro benzene ring substituents is 1. The summed E-state index contributed by atoms with van der Waals surface area (Å²) in [5.41, 5.74) is 7.88. The van der Waals surface area contributed by atoms with E-state index >= 15 is 0 Å². The van der Waals surface area contributed by atoms with Crippen molar-refractivity contribution in [1.29, 1.82) is 5.26 Å². The van der Waals surface area contributed by atoms with E-state index < -0.39 is 10.8 Å². The van der Waals surface area contributed by atoms with Gasteiger partial charge < -0.3 is 10.5 Å². The van der Waals surface area contributed by atoms with Gasteiger partial charge in [-0.05, 0) is 5.56 Å². The van der Waals surface area contributed by atoms with Gasteiger partial charge in [0.25, 0.3) is 5.69 Å². The summed E-state index contributed by atoms with van der Waals surface area (Å²) in [6.45, 7) is 0. The van der Waals surface area contributed by atoms with Crippen molar-refractivity contribution < 1.29 is 14.5 Å². The van der Waals surface area contributed by atoms with Crippen molar-refractivity contribution in [3.05, 3.63) is 129 Å². The Morgan fingerprint density at radius 1 is 0.969 bits per heavy atom. The van der Waals surface area contributed by atoms with E-state index in [-0.39, 0.29) is 34.3 Å². The third kappa shape index (κ3) is 3.73. The summed E-state index contributed by atoms with van der Waals surface area (Å²) >= 11 is 0. The predicted molar refractivity (Wildman–Crippen MR) is 118 cm³/mol. The molecule has 1 atom stereocenters. The molecule has 0 amide bonds. The number of benzene rings is 3. The highest BCUT2D eigenvalue weighted by molar-refractivity contribution is 6.14. The van der Waals surface area contributed by atoms with E-state index in [1.54, 1.807) is 54.6 Å². The minimum Gasteiger partial charge on any atom is -0.439 e. The fraction of sp³-hybridized carbons (Fsp3) is 0.0400. The van der Waals surface area contributed by atoms with Crippen LogP contribution < -0.4 is 5.73 Å². The van der Waals surface area contributed by atoms with Crippen LogP contribution in [-0.2, 0) is 4.74 Å². The van der Waals surface area contributed by atoms with Crippen LogP contribution in [0.15, 0.2) is 102 Å². The van der Waals surface area contributed by atoms with Crippen LogP contribution in [0.5, 0.6) is 0 Å². The van der Waals surface area contributed by atoms with Crippen molar-refractivity contribution in [2.24, 2.45) is 5.73 Å². The zero-order valence-corrected chi connectivity index (χ0v) is 16.8. The summed E-state index contributed by atoms with van der Waals surface area (Å²) < 4.78 is 5.83. The molecule has 7 nitrogen and oxygen atoms in total. The summed E-state index contributed by atoms with van der Waals surface area (Å²) in [5.74, 6) is -1.04. The quantitative estimate of drug-likeness (QED) is 0.361. The number of carbonyl (C=O) groups is 1. The van der Waals surface area contributed by atoms with Gasteiger partial charge in [-0.25, -0.2) is 0 Å². The number of nitrogens with two attached hydrogens (primary N) is 1. The summed E-state index contributed by atoms with van der Waals surface area (Å²) in [4.78, 5) is 24.3. The van der Waals surface area contributed by atoms with Gasteiger partial charge in [0.1, 0.15) is 17.4 Å². The SMILES string of the molecule is N#CC1=C(N)OC(c2ccccc2)=C(C(=O)c2ccccc2)[C@H]1c1ccc([N+](=O)[O-])cc1. The van der Waals surface area contributed by atoms with Crippen LogP contribution in [0.25, 0.3) is 5.76 Å². The average molecular weight is 423 g/mol. The van der Waals surface area contributed by atoms with Gasteiger partial charge in [-0.3, -0.25) is 14.9 Å². The Morgan fingerprint density at radius 2 is 1.56 bits per heavy atom. The van der Waals surface area contributed by atoms with Crippen LogP contribution in [0.4, 0.5) is 5.69 Å². The molecule has 2 N–H and O–H groups in total. The Morgan fingerprint density at radius 3 is 2.12 bits per heavy atom. The zero-order valence-electron chi connectivity index (χ0n) is 16.8. The molecule has 3 aromatic rings. The molecule has 0 aromatic heterocycles. The normalized spacial score (nSPS) is 15.7. The maximum absolute atomic E-state index is 13.7. The van der Waals surface area contributed by atoms with E-state index in [1.165, 1.54) is 24.3 Å². The summed E-state index contributed by atoms with van der Waals surface area (Å²) in [6.07, 6.45) is 0. The Labute approximate surface area is 183 Å². The lowest BCUT2D eigenvalue weighted by Gasteiger charge is -2.28. The number of ketones is 1. The largest absolute Gasteiger partial charge is 0.439 e. The minimum absolute atomic E-state index is 0.0674. The Balaban J connectivity index is 1.98. The highest BCUT2D eigenvalue weighted by atomic mass is 16.6. The fourth-order valence-corrected chi connectivity index (χ4v) is 3.66. The van der Waals surface area contributed by atoms with E-state index in [1.807, 2.05) is 6.07 Å². The molecule has 7 heteroatoms. The van der Waals surface area contributed by atoms with Gasteiger partial charge in [0.15, 0.2) is 5.78 Å². The van der Waals surface area contributed by atoms with Crippen molar-refractivity contribution in [3.63, 3.8) is 0 Å². The molecular weight excluding hydrogens is 406 g/mol. The molecule has 1 heterocycles. The lowest BCUT2D eigenvalue weighted by molar-refractivity contribution is -0.384. The minimum atomic E-state index is -0.850. The molecule has 0 bridgehead atoms. The van der Waals surface area contributed by atoms with E-state index in [0.29, 0.717) is 16.7 Å². The number of nitriles is 1. The highest BCUT2D eigenvalue weighted by Crippen LogP contribution is 2.43. The first-order valence-corrected chi connectivity index (χ1v) is 9.72. The van der Waals surface area contributed by atoms with Gasteiger partial charge >= 0.3 is 0 Å². The van der Waals surface area contributed by atoms with E-state index in [0.717, 1.165) is 0 Å². The summed E-state index contributed by atoms with van der Waals surface area (Å²) in [5, 5.41) is 20.9. The van der Waals surface area contributed by atoms with Crippen LogP contribution in [0.3, 0.4) is 0 Å². The van der Waals surface area contributed by atoms with Gasteiger partial charge in [-0.15, -0.1) is 0 Å². The van der Waals surface area contributed by atoms with Crippen LogP contribution in [0.2, 0.25) is 0 Å². The van der Waals surface area contributed by atoms with Crippen LogP contribution in [-0.4, -0.2) is 10.7 Å². The number of ether oxygens (including phenoxy) is 1. The number of nitrogens with zero attached hydrogens (tertiary/aromatic N) is 2. The molecule has 156 valence electrons. The molecule has 0 spiro atoms. The standard InChI is InChI=1S/C25H17N3O4/c26-15-20-21(16-11-13-19(14-12-16)28(30)31)22(23(29)17-7-3-1-4-8-17)24(32-25(20)27)18-9-5-2-6-10-18/h1-14,21H,27H2/t21-/m0/s1. The van der Waals surface area contributed by atoms with E-state index in [2.05, 4.69) is 6.07 Å². The maximum atomic E-state index is 13.7. The van der Waals surface area contributed by atoms with Crippen LogP contribution in [0.1, 0.15) is 27.4 Å². The molecule has 0 unspecified atom stereocenters. The van der Waals surface area contributed by atoms with Crippen molar-refractivity contribution in [2.75, 3.05) is 0 Å². The monoisotopic (exact) mass is 423 g/mol. The second-order valence-electron chi connectivity index (χ2n) is 7.08. The number of rotatable bonds is 5. The van der Waals surface area contributed by atoms with Gasteiger partial charge in [0.2, 0.25) is 5.88 Å². The van der Waals surface area contributed by atoms with Gasteiger partial charge in [-0.2, -0.15) is 5.26 Å². The number of hydrogen-bond donors (Lipinski definition) is 1. The number of non-ortho nitro benzene ring substituents is 1. The van der Waals surface area contributed by atoms with Gasteiger partial charge in [0, 0.05) is 23.3 Å². The highest BCUT2D eigenvalue weighted by Gasteiger charge is 2.37. The first kappa shape index (κ1) is 20.6. The summed E-state index contributed by atoms with van der Waals surface area (Å²) in [6, 6.07) is 25.4.